The average Bonchev–Trinajstić information content (AvgIpc) is 2.05. The van der Waals surface area contributed by atoms with Crippen LogP contribution in [0, 0.1) is 5.92 Å². The van der Waals surface area contributed by atoms with Crippen molar-refractivity contribution in [2.45, 2.75) is 13.3 Å². The van der Waals surface area contributed by atoms with Gasteiger partial charge in [-0.25, -0.2) is 0 Å². The van der Waals surface area contributed by atoms with Gasteiger partial charge in [-0.05, 0) is 6.42 Å². The summed E-state index contributed by atoms with van der Waals surface area (Å²) < 4.78 is 4.41. The molecule has 4 nitrogen and oxygen atoms in total. The molecule has 1 atom stereocenters. The minimum Gasteiger partial charge on any atom is -0.468 e. The van der Waals surface area contributed by atoms with Crippen LogP contribution in [0.4, 0.5) is 0 Å². The summed E-state index contributed by atoms with van der Waals surface area (Å²) in [6.07, 6.45) is 0.447. The van der Waals surface area contributed by atoms with Crippen LogP contribution >= 0.6 is 0 Å². The van der Waals surface area contributed by atoms with Crippen molar-refractivity contribution in [1.82, 2.24) is 0 Å². The molecule has 0 amide bonds. The Morgan fingerprint density at radius 3 is 2.36 bits per heavy atom. The lowest BCUT2D eigenvalue weighted by molar-refractivity contribution is -0.149. The van der Waals surface area contributed by atoms with Gasteiger partial charge < -0.3 is 10.5 Å². The van der Waals surface area contributed by atoms with E-state index in [1.807, 2.05) is 0 Å². The second kappa shape index (κ2) is 4.85. The van der Waals surface area contributed by atoms with Crippen LogP contribution < -0.4 is 5.73 Å². The van der Waals surface area contributed by atoms with E-state index in [4.69, 9.17) is 5.73 Å². The molecule has 0 aliphatic rings. The summed E-state index contributed by atoms with van der Waals surface area (Å²) in [5.41, 5.74) is 5.08. The van der Waals surface area contributed by atoms with Crippen LogP contribution in [0.2, 0.25) is 0 Å². The first-order valence-corrected chi connectivity index (χ1v) is 3.48. The first kappa shape index (κ1) is 10.1. The monoisotopic (exact) mass is 159 g/mol. The zero-order chi connectivity index (χ0) is 8.85. The Morgan fingerprint density at radius 2 is 2.09 bits per heavy atom. The number of nitrogens with two attached hydrogens (primary N) is 1. The standard InChI is InChI=1S/C7H13NO3/c1-3-5(6(9)4-8)7(10)11-2/h5H,3-4,8H2,1-2H3. The van der Waals surface area contributed by atoms with Crippen molar-refractivity contribution in [3.8, 4) is 0 Å². The number of hydrogen-bond donors (Lipinski definition) is 1. The topological polar surface area (TPSA) is 69.4 Å². The van der Waals surface area contributed by atoms with E-state index in [0.29, 0.717) is 6.42 Å². The number of methoxy groups -OCH3 is 1. The van der Waals surface area contributed by atoms with E-state index >= 15 is 0 Å². The van der Waals surface area contributed by atoms with E-state index in [2.05, 4.69) is 4.74 Å². The third-order valence-electron chi connectivity index (χ3n) is 1.48. The molecule has 11 heavy (non-hydrogen) atoms. The molecule has 4 heteroatoms. The Morgan fingerprint density at radius 1 is 1.55 bits per heavy atom. The Labute approximate surface area is 65.7 Å². The predicted octanol–water partition coefficient (Wildman–Crippen LogP) is -0.287. The Hall–Kier alpha value is -0.900. The van der Waals surface area contributed by atoms with Crippen molar-refractivity contribution >= 4 is 11.8 Å². The van der Waals surface area contributed by atoms with Gasteiger partial charge in [-0.2, -0.15) is 0 Å². The second-order valence-corrected chi connectivity index (χ2v) is 2.15. The molecular weight excluding hydrogens is 146 g/mol. The highest BCUT2D eigenvalue weighted by molar-refractivity contribution is 5.99. The molecule has 0 saturated heterocycles. The summed E-state index contributed by atoms with van der Waals surface area (Å²) >= 11 is 0. The Balaban J connectivity index is 4.15. The lowest BCUT2D eigenvalue weighted by atomic mass is 10.0. The van der Waals surface area contributed by atoms with Gasteiger partial charge in [-0.15, -0.1) is 0 Å². The fourth-order valence-corrected chi connectivity index (χ4v) is 0.810. The molecule has 0 aromatic rings. The smallest absolute Gasteiger partial charge is 0.316 e. The highest BCUT2D eigenvalue weighted by Crippen LogP contribution is 2.04. The minimum atomic E-state index is -0.676. The molecule has 2 N–H and O–H groups in total. The number of carbonyl (C=O) groups excluding carboxylic acids is 2. The fraction of sp³-hybridized carbons (Fsp3) is 0.714. The average molecular weight is 159 g/mol. The van der Waals surface area contributed by atoms with Crippen LogP contribution in [-0.2, 0) is 14.3 Å². The molecule has 0 bridgehead atoms. The minimum absolute atomic E-state index is 0.104. The van der Waals surface area contributed by atoms with Gasteiger partial charge in [0.1, 0.15) is 5.92 Å². The first-order valence-electron chi connectivity index (χ1n) is 3.48. The molecule has 0 aromatic carbocycles. The van der Waals surface area contributed by atoms with Crippen molar-refractivity contribution in [1.29, 1.82) is 0 Å². The summed E-state index contributed by atoms with van der Waals surface area (Å²) in [6, 6.07) is 0. The SMILES string of the molecule is CCC(C(=O)CN)C(=O)OC. The number of ketones is 1. The third kappa shape index (κ3) is 2.67. The number of esters is 1. The van der Waals surface area contributed by atoms with Gasteiger partial charge in [0.2, 0.25) is 0 Å². The summed E-state index contributed by atoms with van der Waals surface area (Å²) in [5, 5.41) is 0. The van der Waals surface area contributed by atoms with Crippen LogP contribution in [0.5, 0.6) is 0 Å². The summed E-state index contributed by atoms with van der Waals surface area (Å²) in [7, 11) is 1.26. The maximum absolute atomic E-state index is 10.9. The quantitative estimate of drug-likeness (QED) is 0.452. The molecule has 64 valence electrons. The zero-order valence-electron chi connectivity index (χ0n) is 6.79. The molecule has 0 rings (SSSR count). The molecule has 0 aliphatic carbocycles. The molecular formula is C7H13NO3. The van der Waals surface area contributed by atoms with E-state index in [1.165, 1.54) is 7.11 Å². The van der Waals surface area contributed by atoms with Crippen molar-refractivity contribution < 1.29 is 14.3 Å². The molecule has 0 aromatic heterocycles. The molecule has 0 spiro atoms. The van der Waals surface area contributed by atoms with Crippen LogP contribution in [0.3, 0.4) is 0 Å². The molecule has 1 unspecified atom stereocenters. The number of hydrogen-bond acceptors (Lipinski definition) is 4. The zero-order valence-corrected chi connectivity index (χ0v) is 6.79. The van der Waals surface area contributed by atoms with Gasteiger partial charge >= 0.3 is 5.97 Å². The Bertz CT molecular complexity index is 140. The lowest BCUT2D eigenvalue weighted by Crippen LogP contribution is -2.30. The highest BCUT2D eigenvalue weighted by atomic mass is 16.5. The van der Waals surface area contributed by atoms with Gasteiger partial charge in [0.05, 0.1) is 13.7 Å². The maximum Gasteiger partial charge on any atom is 0.316 e. The van der Waals surface area contributed by atoms with E-state index in [1.54, 1.807) is 6.92 Å². The molecule has 0 radical (unpaired) electrons. The van der Waals surface area contributed by atoms with Crippen LogP contribution in [0.15, 0.2) is 0 Å². The number of carbonyl (C=O) groups is 2. The van der Waals surface area contributed by atoms with Crippen LogP contribution in [0.25, 0.3) is 0 Å². The molecule has 0 fully saturated rings. The van der Waals surface area contributed by atoms with Crippen LogP contribution in [-0.4, -0.2) is 25.4 Å². The lowest BCUT2D eigenvalue weighted by Gasteiger charge is -2.08. The van der Waals surface area contributed by atoms with Gasteiger partial charge in [0.15, 0.2) is 5.78 Å². The van der Waals surface area contributed by atoms with E-state index in [-0.39, 0.29) is 12.3 Å². The summed E-state index contributed by atoms with van der Waals surface area (Å²) in [6.45, 7) is 1.64. The highest BCUT2D eigenvalue weighted by Gasteiger charge is 2.23. The first-order chi connectivity index (χ1) is 5.17. The van der Waals surface area contributed by atoms with Gasteiger partial charge in [0.25, 0.3) is 0 Å². The number of rotatable bonds is 4. The van der Waals surface area contributed by atoms with Crippen LogP contribution in [0.1, 0.15) is 13.3 Å². The normalized spacial score (nSPS) is 12.3. The van der Waals surface area contributed by atoms with Crippen molar-refractivity contribution in [3.63, 3.8) is 0 Å². The van der Waals surface area contributed by atoms with E-state index < -0.39 is 11.9 Å². The summed E-state index contributed by atoms with van der Waals surface area (Å²) in [5.74, 6) is -1.44. The summed E-state index contributed by atoms with van der Waals surface area (Å²) in [4.78, 5) is 21.8. The van der Waals surface area contributed by atoms with Crippen molar-refractivity contribution in [2.75, 3.05) is 13.7 Å². The predicted molar refractivity (Wildman–Crippen MR) is 39.9 cm³/mol. The largest absolute Gasteiger partial charge is 0.468 e. The Kier molecular flexibility index (Phi) is 4.45. The third-order valence-corrected chi connectivity index (χ3v) is 1.48. The number of Topliss-reactive ketones (excluding diaryl/α,β-unsaturated/α-hetero) is 1. The molecule has 0 heterocycles. The van der Waals surface area contributed by atoms with E-state index in [9.17, 15) is 9.59 Å². The molecule has 0 aliphatic heterocycles. The fourth-order valence-electron chi connectivity index (χ4n) is 0.810. The number of ether oxygens (including phenoxy) is 1. The van der Waals surface area contributed by atoms with Crippen molar-refractivity contribution in [3.05, 3.63) is 0 Å². The molecule has 0 saturated carbocycles. The van der Waals surface area contributed by atoms with Gasteiger partial charge in [-0.1, -0.05) is 6.92 Å². The van der Waals surface area contributed by atoms with E-state index in [0.717, 1.165) is 0 Å². The second-order valence-electron chi connectivity index (χ2n) is 2.15. The van der Waals surface area contributed by atoms with Gasteiger partial charge in [-0.3, -0.25) is 9.59 Å². The maximum atomic E-state index is 10.9. The van der Waals surface area contributed by atoms with Crippen molar-refractivity contribution in [2.24, 2.45) is 11.7 Å². The van der Waals surface area contributed by atoms with Gasteiger partial charge in [0, 0.05) is 0 Å².